The minimum atomic E-state index is -1.93. The Morgan fingerprint density at radius 2 is 1.86 bits per heavy atom. The summed E-state index contributed by atoms with van der Waals surface area (Å²) in [6, 6.07) is 9.18. The average molecular weight is 314 g/mol. The molecule has 116 valence electrons. The molecule has 0 spiro atoms. The minimum absolute atomic E-state index is 0.0809. The molecule has 0 bridgehead atoms. The number of hydrogen-bond acceptors (Lipinski definition) is 3. The lowest BCUT2D eigenvalue weighted by atomic mass is 10.0. The van der Waals surface area contributed by atoms with Crippen molar-refractivity contribution in [1.29, 1.82) is 5.39 Å². The van der Waals surface area contributed by atoms with Gasteiger partial charge < -0.3 is 9.53 Å². The van der Waals surface area contributed by atoms with Crippen molar-refractivity contribution in [2.24, 2.45) is 0 Å². The molecule has 0 unspecified atom stereocenters. The van der Waals surface area contributed by atoms with Crippen LogP contribution in [-0.4, -0.2) is 8.32 Å². The number of benzene rings is 2. The van der Waals surface area contributed by atoms with Gasteiger partial charge in [0, 0.05) is 0 Å². The Labute approximate surface area is 132 Å². The summed E-state index contributed by atoms with van der Waals surface area (Å²) in [7, 11) is -1.93. The van der Waals surface area contributed by atoms with Gasteiger partial charge in [-0.25, -0.2) is 0 Å². The highest BCUT2D eigenvalue weighted by Crippen LogP contribution is 2.40. The fraction of sp³-hybridized carbons (Fsp3) is 0.412. The van der Waals surface area contributed by atoms with Gasteiger partial charge in [-0.1, -0.05) is 45.0 Å². The quantitative estimate of drug-likeness (QED) is 0.596. The molecule has 2 aromatic rings. The van der Waals surface area contributed by atoms with Crippen molar-refractivity contribution in [2.45, 2.75) is 45.5 Å². The molecule has 2 rings (SSSR count). The van der Waals surface area contributed by atoms with E-state index in [1.54, 1.807) is 12.1 Å². The first-order chi connectivity index (χ1) is 10.2. The largest absolute Gasteiger partial charge is 0.867 e. The summed E-state index contributed by atoms with van der Waals surface area (Å²) < 4.78 is 6.16. The van der Waals surface area contributed by atoms with Crippen molar-refractivity contribution >= 4 is 24.8 Å². The smallest absolute Gasteiger partial charge is 0.383 e. The van der Waals surface area contributed by atoms with Gasteiger partial charge in [0.1, 0.15) is 0 Å². The van der Waals surface area contributed by atoms with Crippen LogP contribution in [0, 0.1) is 5.39 Å². The second-order valence-corrected chi connectivity index (χ2v) is 11.9. The van der Waals surface area contributed by atoms with Crippen LogP contribution in [0.1, 0.15) is 26.3 Å². The monoisotopic (exact) mass is 314 g/mol. The minimum Gasteiger partial charge on any atom is -0.867 e. The van der Waals surface area contributed by atoms with E-state index in [9.17, 15) is 10.5 Å². The van der Waals surface area contributed by atoms with Gasteiger partial charge in [0.2, 0.25) is 5.39 Å². The van der Waals surface area contributed by atoms with E-state index in [4.69, 9.17) is 4.43 Å². The molecule has 0 saturated heterocycles. The molecule has 0 saturated carbocycles. The number of nitrogens with zero attached hydrogens (tertiary/aromatic N) is 2. The van der Waals surface area contributed by atoms with E-state index in [0.717, 1.165) is 5.39 Å². The molecule has 0 aliphatic carbocycles. The van der Waals surface area contributed by atoms with E-state index in [1.165, 1.54) is 0 Å². The third-order valence-electron chi connectivity index (χ3n) is 4.55. The highest BCUT2D eigenvalue weighted by atomic mass is 28.4. The molecule has 0 N–H and O–H groups in total. The Hall–Kier alpha value is -1.90. The molecular weight excluding hydrogens is 292 g/mol. The zero-order valence-electron chi connectivity index (χ0n) is 13.8. The second-order valence-electron chi connectivity index (χ2n) is 7.08. The van der Waals surface area contributed by atoms with Crippen molar-refractivity contribution in [3.8, 4) is 5.75 Å². The van der Waals surface area contributed by atoms with Gasteiger partial charge in [-0.2, -0.15) is 0 Å². The maximum absolute atomic E-state index is 12.4. The molecule has 22 heavy (non-hydrogen) atoms. The Bertz CT molecular complexity index is 743. The first-order valence-electron chi connectivity index (χ1n) is 7.38. The third-order valence-corrected chi connectivity index (χ3v) is 9.03. The third kappa shape index (κ3) is 2.98. The van der Waals surface area contributed by atoms with Crippen LogP contribution < -0.4 is 5.11 Å². The Morgan fingerprint density at radius 1 is 1.23 bits per heavy atom. The van der Waals surface area contributed by atoms with Gasteiger partial charge in [-0.05, 0) is 40.7 Å². The first-order valence-corrected chi connectivity index (χ1v) is 10.3. The Kier molecular flexibility index (Phi) is 4.27. The fourth-order valence-electron chi connectivity index (χ4n) is 2.05. The summed E-state index contributed by atoms with van der Waals surface area (Å²) in [5.41, 5.74) is 0.716. The molecule has 4 nitrogen and oxygen atoms in total. The normalized spacial score (nSPS) is 12.4. The van der Waals surface area contributed by atoms with E-state index in [2.05, 4.69) is 38.8 Å². The zero-order chi connectivity index (χ0) is 16.5. The van der Waals surface area contributed by atoms with Gasteiger partial charge in [0.05, 0.1) is 12.2 Å². The molecule has 0 amide bonds. The van der Waals surface area contributed by atoms with E-state index in [0.29, 0.717) is 10.9 Å². The molecule has 0 radical (unpaired) electrons. The van der Waals surface area contributed by atoms with E-state index < -0.39 is 8.32 Å². The van der Waals surface area contributed by atoms with Crippen LogP contribution in [0.25, 0.3) is 15.7 Å². The summed E-state index contributed by atoms with van der Waals surface area (Å²) in [6.07, 6.45) is 0. The number of hydrogen-bond donors (Lipinski definition) is 0. The average Bonchev–Trinajstić information content (AvgIpc) is 2.44. The summed E-state index contributed by atoms with van der Waals surface area (Å²) in [5, 5.41) is 23.1. The number of diazo groups is 1. The molecule has 0 fully saturated rings. The van der Waals surface area contributed by atoms with Crippen LogP contribution in [0.3, 0.4) is 0 Å². The van der Waals surface area contributed by atoms with Crippen LogP contribution in [0.2, 0.25) is 18.1 Å². The van der Waals surface area contributed by atoms with Crippen molar-refractivity contribution < 1.29 is 9.53 Å². The molecule has 0 atom stereocenters. The predicted octanol–water partition coefficient (Wildman–Crippen LogP) is 4.92. The van der Waals surface area contributed by atoms with E-state index in [1.807, 2.05) is 18.2 Å². The molecule has 0 aromatic heterocycles. The van der Waals surface area contributed by atoms with Crippen LogP contribution in [0.15, 0.2) is 30.3 Å². The van der Waals surface area contributed by atoms with Gasteiger partial charge in [0.25, 0.3) is 0 Å². The molecular formula is C17H22N2O2Si. The molecule has 0 aliphatic rings. The Morgan fingerprint density at radius 3 is 2.45 bits per heavy atom. The molecule has 5 heteroatoms. The summed E-state index contributed by atoms with van der Waals surface area (Å²) in [5.74, 6) is -0.255. The zero-order valence-corrected chi connectivity index (χ0v) is 14.8. The van der Waals surface area contributed by atoms with E-state index >= 15 is 0 Å². The molecule has 0 heterocycles. The molecule has 2 aromatic carbocycles. The van der Waals surface area contributed by atoms with Crippen molar-refractivity contribution in [1.82, 2.24) is 0 Å². The maximum atomic E-state index is 12.4. The topological polar surface area (TPSA) is 60.4 Å². The van der Waals surface area contributed by atoms with Gasteiger partial charge in [-0.3, -0.25) is 0 Å². The van der Waals surface area contributed by atoms with Crippen LogP contribution >= 0.6 is 0 Å². The van der Waals surface area contributed by atoms with Gasteiger partial charge in [0.15, 0.2) is 13.3 Å². The lowest BCUT2D eigenvalue weighted by molar-refractivity contribution is -0.264. The van der Waals surface area contributed by atoms with Gasteiger partial charge >= 0.3 is 5.69 Å². The standard InChI is InChI=1S/C17H22N2O2Si/c1-17(2,3)22(4,5)21-11-13-10-12-8-6-7-9-14(12)16(20)15(13)19-18/h6-10H,11H2,1-5H3. The highest BCUT2D eigenvalue weighted by Gasteiger charge is 2.37. The van der Waals surface area contributed by atoms with Crippen molar-refractivity contribution in [2.75, 3.05) is 0 Å². The first kappa shape index (κ1) is 16.5. The van der Waals surface area contributed by atoms with E-state index in [-0.39, 0.29) is 23.1 Å². The number of fused-ring (bicyclic) bond motifs is 1. The van der Waals surface area contributed by atoms with Crippen molar-refractivity contribution in [3.63, 3.8) is 0 Å². The lowest BCUT2D eigenvalue weighted by Crippen LogP contribution is -2.40. The van der Waals surface area contributed by atoms with Crippen LogP contribution in [0.5, 0.6) is 5.75 Å². The summed E-state index contributed by atoms with van der Waals surface area (Å²) >= 11 is 0. The number of rotatable bonds is 3. The lowest BCUT2D eigenvalue weighted by Gasteiger charge is -2.36. The molecule has 0 aliphatic heterocycles. The van der Waals surface area contributed by atoms with Crippen LogP contribution in [-0.2, 0) is 11.0 Å². The maximum Gasteiger partial charge on any atom is 0.383 e. The summed E-state index contributed by atoms with van der Waals surface area (Å²) in [6.45, 7) is 11.1. The Balaban J connectivity index is 2.42. The van der Waals surface area contributed by atoms with Crippen molar-refractivity contribution in [3.05, 3.63) is 40.9 Å². The SMILES string of the molecule is CC(C)(C)[Si](C)(C)OCc1cc2ccccc2c([O-])c1[N+]#N. The van der Waals surface area contributed by atoms with Crippen LogP contribution in [0.4, 0.5) is 5.69 Å². The highest BCUT2D eigenvalue weighted by molar-refractivity contribution is 6.74. The fourth-order valence-corrected chi connectivity index (χ4v) is 3.00. The predicted molar refractivity (Wildman–Crippen MR) is 90.1 cm³/mol. The summed E-state index contributed by atoms with van der Waals surface area (Å²) in [4.78, 5) is 3.21. The van der Waals surface area contributed by atoms with Gasteiger partial charge in [-0.15, -0.1) is 0 Å². The second kappa shape index (κ2) is 5.71.